The van der Waals surface area contributed by atoms with Gasteiger partial charge in [-0.15, -0.1) is 0 Å². The van der Waals surface area contributed by atoms with Crippen LogP contribution >= 0.6 is 23.2 Å². The Morgan fingerprint density at radius 1 is 1.24 bits per heavy atom. The zero-order valence-electron chi connectivity index (χ0n) is 12.0. The van der Waals surface area contributed by atoms with Gasteiger partial charge in [0.2, 0.25) is 0 Å². The number of rotatable bonds is 5. The van der Waals surface area contributed by atoms with Gasteiger partial charge in [0.1, 0.15) is 6.04 Å². The van der Waals surface area contributed by atoms with Crippen LogP contribution in [0.5, 0.6) is 0 Å². The van der Waals surface area contributed by atoms with Crippen LogP contribution in [0.3, 0.4) is 0 Å². The van der Waals surface area contributed by atoms with E-state index in [-0.39, 0.29) is 5.92 Å². The summed E-state index contributed by atoms with van der Waals surface area (Å²) in [6.45, 7) is 5.55. The summed E-state index contributed by atoms with van der Waals surface area (Å²) in [6.07, 6.45) is 0.338. The first-order valence-electron chi connectivity index (χ1n) is 6.46. The standard InChI is InChI=1S/C14H18Cl2N2O3/c1-7(2)4-12(13(19)20)18-14(21)17-11-6-9(15)8(3)5-10(11)16/h5-7,12H,4H2,1-3H3,(H,19,20)(H2,17,18,21)/t12-/m0/s1. The fourth-order valence-corrected chi connectivity index (χ4v) is 2.18. The molecular formula is C14H18Cl2N2O3. The number of nitrogens with one attached hydrogen (secondary N) is 2. The monoisotopic (exact) mass is 332 g/mol. The fraction of sp³-hybridized carbons (Fsp3) is 0.429. The molecule has 0 bridgehead atoms. The van der Waals surface area contributed by atoms with E-state index in [1.54, 1.807) is 13.0 Å². The second-order valence-corrected chi connectivity index (χ2v) is 6.01. The van der Waals surface area contributed by atoms with Crippen molar-refractivity contribution in [3.8, 4) is 0 Å². The van der Waals surface area contributed by atoms with E-state index in [1.165, 1.54) is 6.07 Å². The molecule has 1 aromatic carbocycles. The number of carboxylic acid groups (broad SMARTS) is 1. The first-order valence-corrected chi connectivity index (χ1v) is 7.22. The third-order valence-corrected chi connectivity index (χ3v) is 3.53. The molecule has 1 aromatic rings. The van der Waals surface area contributed by atoms with Crippen molar-refractivity contribution in [1.29, 1.82) is 0 Å². The Balaban J connectivity index is 2.77. The number of aliphatic carboxylic acids is 1. The number of carboxylic acids is 1. The van der Waals surface area contributed by atoms with E-state index >= 15 is 0 Å². The summed E-state index contributed by atoms with van der Waals surface area (Å²) in [7, 11) is 0. The summed E-state index contributed by atoms with van der Waals surface area (Å²) in [5.74, 6) is -0.935. The van der Waals surface area contributed by atoms with Gasteiger partial charge in [0, 0.05) is 5.02 Å². The van der Waals surface area contributed by atoms with Crippen LogP contribution in [0.1, 0.15) is 25.8 Å². The first kappa shape index (κ1) is 17.6. The summed E-state index contributed by atoms with van der Waals surface area (Å²) in [5, 5.41) is 14.8. The fourth-order valence-electron chi connectivity index (χ4n) is 1.75. The van der Waals surface area contributed by atoms with E-state index in [1.807, 2.05) is 13.8 Å². The molecule has 21 heavy (non-hydrogen) atoms. The predicted molar refractivity (Wildman–Crippen MR) is 84.2 cm³/mol. The van der Waals surface area contributed by atoms with Gasteiger partial charge in [-0.1, -0.05) is 37.0 Å². The van der Waals surface area contributed by atoms with Crippen LogP contribution in [0.15, 0.2) is 12.1 Å². The average molecular weight is 333 g/mol. The summed E-state index contributed by atoms with van der Waals surface area (Å²) >= 11 is 12.0. The Kier molecular flexibility index (Phi) is 6.30. The minimum absolute atomic E-state index is 0.142. The highest BCUT2D eigenvalue weighted by Gasteiger charge is 2.21. The molecule has 0 aliphatic heterocycles. The molecule has 0 aliphatic carbocycles. The van der Waals surface area contributed by atoms with E-state index in [2.05, 4.69) is 10.6 Å². The maximum Gasteiger partial charge on any atom is 0.326 e. The lowest BCUT2D eigenvalue weighted by Crippen LogP contribution is -2.43. The van der Waals surface area contributed by atoms with Gasteiger partial charge in [0.25, 0.3) is 0 Å². The number of carbonyl (C=O) groups is 2. The Hall–Kier alpha value is -1.46. The molecule has 0 heterocycles. The summed E-state index contributed by atoms with van der Waals surface area (Å²) < 4.78 is 0. The van der Waals surface area contributed by atoms with Gasteiger partial charge in [-0.05, 0) is 37.0 Å². The largest absolute Gasteiger partial charge is 0.480 e. The van der Waals surface area contributed by atoms with Crippen molar-refractivity contribution in [2.45, 2.75) is 33.2 Å². The SMILES string of the molecule is Cc1cc(Cl)c(NC(=O)N[C@@H](CC(C)C)C(=O)O)cc1Cl. The second-order valence-electron chi connectivity index (χ2n) is 5.20. The third kappa shape index (κ3) is 5.44. The molecule has 5 nitrogen and oxygen atoms in total. The molecule has 0 saturated heterocycles. The molecule has 0 aromatic heterocycles. The van der Waals surface area contributed by atoms with Gasteiger partial charge < -0.3 is 15.7 Å². The van der Waals surface area contributed by atoms with Crippen LogP contribution in [0, 0.1) is 12.8 Å². The van der Waals surface area contributed by atoms with Crippen molar-refractivity contribution in [1.82, 2.24) is 5.32 Å². The van der Waals surface area contributed by atoms with Gasteiger partial charge in [-0.25, -0.2) is 9.59 Å². The van der Waals surface area contributed by atoms with E-state index in [0.717, 1.165) is 5.56 Å². The predicted octanol–water partition coefficient (Wildman–Crippen LogP) is 3.92. The number of hydrogen-bond acceptors (Lipinski definition) is 2. The molecule has 116 valence electrons. The summed E-state index contributed by atoms with van der Waals surface area (Å²) in [5.41, 5.74) is 1.12. The number of halogens is 2. The number of amides is 2. The molecule has 0 aliphatic rings. The van der Waals surface area contributed by atoms with Crippen molar-refractivity contribution in [3.63, 3.8) is 0 Å². The lowest BCUT2D eigenvalue weighted by Gasteiger charge is -2.17. The average Bonchev–Trinajstić information content (AvgIpc) is 2.34. The topological polar surface area (TPSA) is 78.4 Å². The van der Waals surface area contributed by atoms with Crippen molar-refractivity contribution in [3.05, 3.63) is 27.7 Å². The Bertz CT molecular complexity index is 547. The van der Waals surface area contributed by atoms with Crippen LogP contribution < -0.4 is 10.6 Å². The summed E-state index contributed by atoms with van der Waals surface area (Å²) in [4.78, 5) is 23.0. The van der Waals surface area contributed by atoms with Crippen molar-refractivity contribution in [2.75, 3.05) is 5.32 Å². The zero-order valence-corrected chi connectivity index (χ0v) is 13.5. The lowest BCUT2D eigenvalue weighted by atomic mass is 10.0. The number of hydrogen-bond donors (Lipinski definition) is 3. The molecule has 0 radical (unpaired) electrons. The molecular weight excluding hydrogens is 315 g/mol. The number of anilines is 1. The minimum Gasteiger partial charge on any atom is -0.480 e. The number of carbonyl (C=O) groups excluding carboxylic acids is 1. The Morgan fingerprint density at radius 2 is 1.86 bits per heavy atom. The molecule has 0 spiro atoms. The molecule has 0 unspecified atom stereocenters. The highest BCUT2D eigenvalue weighted by molar-refractivity contribution is 6.36. The van der Waals surface area contributed by atoms with Crippen LogP contribution in [0.25, 0.3) is 0 Å². The van der Waals surface area contributed by atoms with Crippen LogP contribution in [-0.4, -0.2) is 23.1 Å². The van der Waals surface area contributed by atoms with Crippen molar-refractivity contribution < 1.29 is 14.7 Å². The normalized spacial score (nSPS) is 12.1. The third-order valence-electron chi connectivity index (χ3n) is 2.81. The molecule has 1 rings (SSSR count). The Labute approximate surface area is 133 Å². The van der Waals surface area contributed by atoms with E-state index in [9.17, 15) is 9.59 Å². The molecule has 0 saturated carbocycles. The van der Waals surface area contributed by atoms with Crippen molar-refractivity contribution in [2.24, 2.45) is 5.92 Å². The maximum absolute atomic E-state index is 11.9. The molecule has 7 heteroatoms. The highest BCUT2D eigenvalue weighted by atomic mass is 35.5. The smallest absolute Gasteiger partial charge is 0.326 e. The van der Waals surface area contributed by atoms with E-state index in [0.29, 0.717) is 22.2 Å². The maximum atomic E-state index is 11.9. The second kappa shape index (κ2) is 7.52. The molecule has 1 atom stereocenters. The number of urea groups is 1. The highest BCUT2D eigenvalue weighted by Crippen LogP contribution is 2.28. The van der Waals surface area contributed by atoms with E-state index in [4.69, 9.17) is 28.3 Å². The number of benzene rings is 1. The zero-order chi connectivity index (χ0) is 16.2. The number of aryl methyl sites for hydroxylation is 1. The first-order chi connectivity index (χ1) is 9.70. The molecule has 2 amide bonds. The van der Waals surface area contributed by atoms with Gasteiger partial charge in [-0.3, -0.25) is 0 Å². The van der Waals surface area contributed by atoms with Gasteiger partial charge in [0.15, 0.2) is 0 Å². The van der Waals surface area contributed by atoms with Gasteiger partial charge in [0.05, 0.1) is 10.7 Å². The van der Waals surface area contributed by atoms with Crippen LogP contribution in [0.2, 0.25) is 10.0 Å². The van der Waals surface area contributed by atoms with Gasteiger partial charge in [-0.2, -0.15) is 0 Å². The van der Waals surface area contributed by atoms with Gasteiger partial charge >= 0.3 is 12.0 Å². The quantitative estimate of drug-likeness (QED) is 0.764. The lowest BCUT2D eigenvalue weighted by molar-refractivity contribution is -0.139. The van der Waals surface area contributed by atoms with Crippen LogP contribution in [0.4, 0.5) is 10.5 Å². The summed E-state index contributed by atoms with van der Waals surface area (Å²) in [6, 6.07) is 1.56. The molecule has 3 N–H and O–H groups in total. The van der Waals surface area contributed by atoms with Crippen LogP contribution in [-0.2, 0) is 4.79 Å². The van der Waals surface area contributed by atoms with Crippen molar-refractivity contribution >= 4 is 40.9 Å². The minimum atomic E-state index is -1.08. The Morgan fingerprint density at radius 3 is 2.38 bits per heavy atom. The molecule has 0 fully saturated rings. The van der Waals surface area contributed by atoms with E-state index < -0.39 is 18.0 Å².